The van der Waals surface area contributed by atoms with E-state index in [9.17, 15) is 0 Å². The van der Waals surface area contributed by atoms with Gasteiger partial charge in [0, 0.05) is 31.2 Å². The molecule has 2 saturated heterocycles. The molecule has 0 aliphatic carbocycles. The van der Waals surface area contributed by atoms with Crippen molar-refractivity contribution < 1.29 is 4.52 Å². The van der Waals surface area contributed by atoms with Gasteiger partial charge in [-0.3, -0.25) is 9.80 Å². The molecule has 0 N–H and O–H groups in total. The van der Waals surface area contributed by atoms with Crippen LogP contribution in [0.15, 0.2) is 16.8 Å². The number of rotatable bonds is 3. The summed E-state index contributed by atoms with van der Waals surface area (Å²) in [5.41, 5.74) is 0. The molecule has 2 fully saturated rings. The van der Waals surface area contributed by atoms with Crippen LogP contribution in [0.25, 0.3) is 0 Å². The third kappa shape index (κ3) is 2.31. The molecule has 2 aliphatic rings. The van der Waals surface area contributed by atoms with Crippen molar-refractivity contribution in [2.75, 3.05) is 19.6 Å². The Labute approximate surface area is 109 Å². The Kier molecular flexibility index (Phi) is 3.39. The molecule has 1 aromatic heterocycles. The lowest BCUT2D eigenvalue weighted by Gasteiger charge is -2.45. The highest BCUT2D eigenvalue weighted by molar-refractivity contribution is 4.98. The number of hydrogen-bond donors (Lipinski definition) is 0. The molecule has 0 aromatic carbocycles. The molecule has 0 saturated carbocycles. The predicted molar refractivity (Wildman–Crippen MR) is 70.1 cm³/mol. The molecule has 4 nitrogen and oxygen atoms in total. The molecule has 0 bridgehead atoms. The van der Waals surface area contributed by atoms with Crippen molar-refractivity contribution >= 4 is 0 Å². The lowest BCUT2D eigenvalue weighted by Crippen LogP contribution is -2.57. The van der Waals surface area contributed by atoms with E-state index in [0.717, 1.165) is 18.3 Å². The number of fused-ring (bicyclic) bond motifs is 1. The van der Waals surface area contributed by atoms with Crippen molar-refractivity contribution in [3.05, 3.63) is 18.0 Å². The molecule has 0 radical (unpaired) electrons. The Hall–Kier alpha value is -0.870. The van der Waals surface area contributed by atoms with E-state index in [1.165, 1.54) is 32.5 Å². The molecule has 0 spiro atoms. The summed E-state index contributed by atoms with van der Waals surface area (Å²) < 4.78 is 5.27. The fourth-order valence-corrected chi connectivity index (χ4v) is 3.44. The maximum Gasteiger partial charge on any atom is 0.150 e. The van der Waals surface area contributed by atoms with Crippen molar-refractivity contribution in [2.24, 2.45) is 5.92 Å². The van der Waals surface area contributed by atoms with Crippen LogP contribution in [0.1, 0.15) is 32.4 Å². The molecule has 0 amide bonds. The van der Waals surface area contributed by atoms with Gasteiger partial charge < -0.3 is 4.52 Å². The minimum Gasteiger partial charge on any atom is -0.360 e. The fourth-order valence-electron chi connectivity index (χ4n) is 3.44. The van der Waals surface area contributed by atoms with Gasteiger partial charge in [-0.1, -0.05) is 19.0 Å². The van der Waals surface area contributed by atoms with Crippen LogP contribution in [-0.4, -0.2) is 46.7 Å². The molecule has 3 rings (SSSR count). The van der Waals surface area contributed by atoms with E-state index in [-0.39, 0.29) is 0 Å². The summed E-state index contributed by atoms with van der Waals surface area (Å²) in [5, 5.41) is 3.81. The number of piperazine rings is 1. The van der Waals surface area contributed by atoms with Crippen LogP contribution in [0, 0.1) is 5.92 Å². The smallest absolute Gasteiger partial charge is 0.150 e. The van der Waals surface area contributed by atoms with Gasteiger partial charge in [0.25, 0.3) is 0 Å². The van der Waals surface area contributed by atoms with Crippen molar-refractivity contribution in [2.45, 2.75) is 45.3 Å². The van der Waals surface area contributed by atoms with Gasteiger partial charge >= 0.3 is 0 Å². The van der Waals surface area contributed by atoms with Gasteiger partial charge in [-0.25, -0.2) is 0 Å². The van der Waals surface area contributed by atoms with Crippen molar-refractivity contribution in [3.63, 3.8) is 0 Å². The molecular formula is C14H23N3O. The molecule has 1 aromatic rings. The van der Waals surface area contributed by atoms with Crippen LogP contribution in [0.5, 0.6) is 0 Å². The number of aromatic nitrogens is 1. The second kappa shape index (κ2) is 5.02. The standard InChI is InChI=1S/C14H23N3O/c1-11(2)14-10-16-7-3-4-12(16)8-17(14)9-13-5-6-15-18-13/h5-6,11-12,14H,3-4,7-10H2,1-2H3. The summed E-state index contributed by atoms with van der Waals surface area (Å²) in [7, 11) is 0. The second-order valence-electron chi connectivity index (χ2n) is 6.01. The highest BCUT2D eigenvalue weighted by atomic mass is 16.5. The summed E-state index contributed by atoms with van der Waals surface area (Å²) in [4.78, 5) is 5.28. The minimum absolute atomic E-state index is 0.643. The monoisotopic (exact) mass is 249 g/mol. The van der Waals surface area contributed by atoms with Gasteiger partial charge in [0.1, 0.15) is 0 Å². The molecule has 2 atom stereocenters. The van der Waals surface area contributed by atoms with Gasteiger partial charge in [0.05, 0.1) is 12.7 Å². The van der Waals surface area contributed by atoms with Gasteiger partial charge in [0.2, 0.25) is 0 Å². The summed E-state index contributed by atoms with van der Waals surface area (Å²) in [6.45, 7) is 9.26. The fraction of sp³-hybridized carbons (Fsp3) is 0.786. The molecule has 2 unspecified atom stereocenters. The Morgan fingerprint density at radius 1 is 1.44 bits per heavy atom. The molecule has 18 heavy (non-hydrogen) atoms. The third-order valence-corrected chi connectivity index (χ3v) is 4.45. The highest BCUT2D eigenvalue weighted by Gasteiger charge is 2.37. The maximum atomic E-state index is 5.27. The number of hydrogen-bond acceptors (Lipinski definition) is 4. The first-order valence-electron chi connectivity index (χ1n) is 7.11. The van der Waals surface area contributed by atoms with Gasteiger partial charge in [-0.05, 0) is 25.3 Å². The Bertz CT molecular complexity index is 376. The Morgan fingerprint density at radius 3 is 3.06 bits per heavy atom. The second-order valence-corrected chi connectivity index (χ2v) is 6.01. The average molecular weight is 249 g/mol. The normalized spacial score (nSPS) is 29.9. The Morgan fingerprint density at radius 2 is 2.33 bits per heavy atom. The predicted octanol–water partition coefficient (Wildman–Crippen LogP) is 1.98. The maximum absolute atomic E-state index is 5.27. The van der Waals surface area contributed by atoms with Gasteiger partial charge in [0.15, 0.2) is 5.76 Å². The molecular weight excluding hydrogens is 226 g/mol. The van der Waals surface area contributed by atoms with E-state index in [1.54, 1.807) is 6.20 Å². The van der Waals surface area contributed by atoms with Gasteiger partial charge in [-0.2, -0.15) is 0 Å². The minimum atomic E-state index is 0.643. The van der Waals surface area contributed by atoms with E-state index in [2.05, 4.69) is 28.8 Å². The Balaban J connectivity index is 1.72. The zero-order chi connectivity index (χ0) is 12.5. The first kappa shape index (κ1) is 12.2. The molecule has 4 heteroatoms. The van der Waals surface area contributed by atoms with E-state index < -0.39 is 0 Å². The lowest BCUT2D eigenvalue weighted by molar-refractivity contribution is 0.0188. The van der Waals surface area contributed by atoms with Crippen LogP contribution >= 0.6 is 0 Å². The quantitative estimate of drug-likeness (QED) is 0.820. The van der Waals surface area contributed by atoms with Gasteiger partial charge in [-0.15, -0.1) is 0 Å². The largest absolute Gasteiger partial charge is 0.360 e. The zero-order valence-corrected chi connectivity index (χ0v) is 11.4. The van der Waals surface area contributed by atoms with E-state index >= 15 is 0 Å². The van der Waals surface area contributed by atoms with Crippen LogP contribution in [0.3, 0.4) is 0 Å². The molecule has 3 heterocycles. The highest BCUT2D eigenvalue weighted by Crippen LogP contribution is 2.28. The van der Waals surface area contributed by atoms with E-state index in [1.807, 2.05) is 6.07 Å². The molecule has 100 valence electrons. The van der Waals surface area contributed by atoms with Crippen molar-refractivity contribution in [3.8, 4) is 0 Å². The van der Waals surface area contributed by atoms with Crippen LogP contribution < -0.4 is 0 Å². The summed E-state index contributed by atoms with van der Waals surface area (Å²) >= 11 is 0. The molecule has 2 aliphatic heterocycles. The first-order chi connectivity index (χ1) is 8.74. The average Bonchev–Trinajstić information content (AvgIpc) is 2.97. The van der Waals surface area contributed by atoms with Crippen LogP contribution in [-0.2, 0) is 6.54 Å². The topological polar surface area (TPSA) is 32.5 Å². The lowest BCUT2D eigenvalue weighted by atomic mass is 9.97. The first-order valence-corrected chi connectivity index (χ1v) is 7.11. The van der Waals surface area contributed by atoms with E-state index in [0.29, 0.717) is 12.0 Å². The summed E-state index contributed by atoms with van der Waals surface area (Å²) in [5.74, 6) is 1.68. The van der Waals surface area contributed by atoms with Crippen molar-refractivity contribution in [1.82, 2.24) is 15.0 Å². The van der Waals surface area contributed by atoms with Crippen molar-refractivity contribution in [1.29, 1.82) is 0 Å². The zero-order valence-electron chi connectivity index (χ0n) is 11.4. The summed E-state index contributed by atoms with van der Waals surface area (Å²) in [6.07, 6.45) is 4.47. The SMILES string of the molecule is CC(C)C1CN2CCCC2CN1Cc1ccno1. The summed E-state index contributed by atoms with van der Waals surface area (Å²) in [6, 6.07) is 3.39. The third-order valence-electron chi connectivity index (χ3n) is 4.45. The number of nitrogens with zero attached hydrogens (tertiary/aromatic N) is 3. The van der Waals surface area contributed by atoms with E-state index in [4.69, 9.17) is 4.52 Å². The van der Waals surface area contributed by atoms with Crippen LogP contribution in [0.2, 0.25) is 0 Å². The van der Waals surface area contributed by atoms with Crippen LogP contribution in [0.4, 0.5) is 0 Å².